The largest absolute Gasteiger partial charge is 0.436 e. The van der Waals surface area contributed by atoms with Crippen LogP contribution in [0.25, 0.3) is 0 Å². The van der Waals surface area contributed by atoms with Gasteiger partial charge >= 0.3 is 0 Å². The summed E-state index contributed by atoms with van der Waals surface area (Å²) in [4.78, 5) is 8.73. The Hall–Kier alpha value is -1.46. The SMILES string of the molecule is CSc1ccccc1Oc1ncnc(Cl)c1N. The average Bonchev–Trinajstić information content (AvgIpc) is 2.35. The Morgan fingerprint density at radius 2 is 2.06 bits per heavy atom. The number of thioether (sulfide) groups is 1. The molecule has 0 amide bonds. The van der Waals surface area contributed by atoms with E-state index in [-0.39, 0.29) is 16.7 Å². The van der Waals surface area contributed by atoms with Crippen molar-refractivity contribution in [1.82, 2.24) is 9.97 Å². The van der Waals surface area contributed by atoms with Crippen LogP contribution in [0.4, 0.5) is 5.69 Å². The fourth-order valence-corrected chi connectivity index (χ4v) is 1.90. The van der Waals surface area contributed by atoms with Crippen molar-refractivity contribution in [2.24, 2.45) is 0 Å². The van der Waals surface area contributed by atoms with Gasteiger partial charge < -0.3 is 10.5 Å². The molecule has 0 bridgehead atoms. The van der Waals surface area contributed by atoms with Gasteiger partial charge in [-0.15, -0.1) is 11.8 Å². The molecule has 0 saturated heterocycles. The lowest BCUT2D eigenvalue weighted by atomic mass is 10.3. The van der Waals surface area contributed by atoms with Crippen LogP contribution in [0, 0.1) is 0 Å². The Balaban J connectivity index is 2.35. The van der Waals surface area contributed by atoms with Gasteiger partial charge in [0.15, 0.2) is 5.15 Å². The first-order valence-corrected chi connectivity index (χ1v) is 6.39. The van der Waals surface area contributed by atoms with Crippen molar-refractivity contribution in [1.29, 1.82) is 0 Å². The number of benzene rings is 1. The highest BCUT2D eigenvalue weighted by atomic mass is 35.5. The van der Waals surface area contributed by atoms with E-state index in [0.717, 1.165) is 4.90 Å². The van der Waals surface area contributed by atoms with Gasteiger partial charge in [-0.25, -0.2) is 4.98 Å². The molecule has 2 aromatic rings. The number of nitrogens with zero attached hydrogens (tertiary/aromatic N) is 2. The first kappa shape index (κ1) is 12.0. The number of aromatic nitrogens is 2. The molecule has 0 fully saturated rings. The van der Waals surface area contributed by atoms with E-state index in [4.69, 9.17) is 22.1 Å². The Morgan fingerprint density at radius 1 is 1.29 bits per heavy atom. The van der Waals surface area contributed by atoms with E-state index in [0.29, 0.717) is 5.75 Å². The number of halogens is 1. The molecule has 0 unspecified atom stereocenters. The van der Waals surface area contributed by atoms with Crippen LogP contribution in [0.15, 0.2) is 35.5 Å². The van der Waals surface area contributed by atoms with Gasteiger partial charge in [-0.2, -0.15) is 4.98 Å². The molecule has 1 aromatic carbocycles. The molecular formula is C11H10ClN3OS. The molecule has 0 radical (unpaired) electrons. The van der Waals surface area contributed by atoms with E-state index in [1.807, 2.05) is 30.5 Å². The number of hydrogen-bond acceptors (Lipinski definition) is 5. The van der Waals surface area contributed by atoms with E-state index in [2.05, 4.69) is 9.97 Å². The Bertz CT molecular complexity index is 536. The highest BCUT2D eigenvalue weighted by Crippen LogP contribution is 2.33. The lowest BCUT2D eigenvalue weighted by molar-refractivity contribution is 0.453. The standard InChI is InChI=1S/C11H10ClN3OS/c1-17-8-5-3-2-4-7(8)16-11-9(13)10(12)14-6-15-11/h2-6H,13H2,1H3. The molecule has 0 atom stereocenters. The first-order valence-electron chi connectivity index (χ1n) is 4.79. The topological polar surface area (TPSA) is 61.0 Å². The predicted octanol–water partition coefficient (Wildman–Crippen LogP) is 3.23. The molecule has 0 spiro atoms. The number of ether oxygens (including phenoxy) is 1. The van der Waals surface area contributed by atoms with Crippen molar-refractivity contribution >= 4 is 29.1 Å². The summed E-state index contributed by atoms with van der Waals surface area (Å²) < 4.78 is 5.63. The Labute approximate surface area is 108 Å². The zero-order valence-electron chi connectivity index (χ0n) is 9.05. The predicted molar refractivity (Wildman–Crippen MR) is 69.8 cm³/mol. The summed E-state index contributed by atoms with van der Waals surface area (Å²) in [5.74, 6) is 0.966. The fraction of sp³-hybridized carbons (Fsp3) is 0.0909. The quantitative estimate of drug-likeness (QED) is 0.683. The molecule has 6 heteroatoms. The summed E-state index contributed by atoms with van der Waals surface area (Å²) in [6.07, 6.45) is 3.29. The summed E-state index contributed by atoms with van der Waals surface area (Å²) in [6.45, 7) is 0. The van der Waals surface area contributed by atoms with Gasteiger partial charge in [0.2, 0.25) is 5.88 Å². The van der Waals surface area contributed by atoms with Crippen molar-refractivity contribution < 1.29 is 4.74 Å². The van der Waals surface area contributed by atoms with Crippen LogP contribution in [-0.2, 0) is 0 Å². The average molecular weight is 268 g/mol. The normalized spacial score (nSPS) is 10.2. The van der Waals surface area contributed by atoms with Crippen LogP contribution in [-0.4, -0.2) is 16.2 Å². The minimum Gasteiger partial charge on any atom is -0.436 e. The van der Waals surface area contributed by atoms with Crippen molar-refractivity contribution in [3.8, 4) is 11.6 Å². The Morgan fingerprint density at radius 3 is 2.82 bits per heavy atom. The zero-order chi connectivity index (χ0) is 12.3. The van der Waals surface area contributed by atoms with Gasteiger partial charge in [-0.3, -0.25) is 0 Å². The molecule has 0 aliphatic heterocycles. The number of para-hydroxylation sites is 1. The number of anilines is 1. The van der Waals surface area contributed by atoms with Crippen LogP contribution in [0.1, 0.15) is 0 Å². The lowest BCUT2D eigenvalue weighted by Gasteiger charge is -2.10. The second-order valence-corrected chi connectivity index (χ2v) is 4.34. The maximum atomic E-state index is 5.79. The van der Waals surface area contributed by atoms with Crippen molar-refractivity contribution in [2.75, 3.05) is 12.0 Å². The Kier molecular flexibility index (Phi) is 3.71. The first-order chi connectivity index (χ1) is 8.22. The third-order valence-electron chi connectivity index (χ3n) is 2.07. The highest BCUT2D eigenvalue weighted by molar-refractivity contribution is 7.98. The fourth-order valence-electron chi connectivity index (χ4n) is 1.25. The molecule has 0 aliphatic carbocycles. The monoisotopic (exact) mass is 267 g/mol. The maximum absolute atomic E-state index is 5.79. The number of rotatable bonds is 3. The molecule has 1 aromatic heterocycles. The smallest absolute Gasteiger partial charge is 0.247 e. The number of nitrogen functional groups attached to an aromatic ring is 1. The molecule has 0 saturated carbocycles. The summed E-state index contributed by atoms with van der Waals surface area (Å²) in [6, 6.07) is 7.63. The minimum absolute atomic E-state index is 0.191. The van der Waals surface area contributed by atoms with E-state index in [1.165, 1.54) is 6.33 Å². The molecule has 88 valence electrons. The third kappa shape index (κ3) is 2.62. The van der Waals surface area contributed by atoms with Gasteiger partial charge in [0, 0.05) is 4.90 Å². The van der Waals surface area contributed by atoms with Gasteiger partial charge in [-0.05, 0) is 18.4 Å². The van der Waals surface area contributed by atoms with Gasteiger partial charge in [0.05, 0.1) is 0 Å². The number of nitrogens with two attached hydrogens (primary N) is 1. The van der Waals surface area contributed by atoms with Crippen LogP contribution >= 0.6 is 23.4 Å². The summed E-state index contributed by atoms with van der Waals surface area (Å²) in [7, 11) is 0. The number of hydrogen-bond donors (Lipinski definition) is 1. The molecule has 4 nitrogen and oxygen atoms in total. The van der Waals surface area contributed by atoms with Gasteiger partial charge in [0.1, 0.15) is 17.8 Å². The molecular weight excluding hydrogens is 258 g/mol. The third-order valence-corrected chi connectivity index (χ3v) is 3.15. The van der Waals surface area contributed by atoms with Crippen LogP contribution in [0.2, 0.25) is 5.15 Å². The van der Waals surface area contributed by atoms with Crippen molar-refractivity contribution in [2.45, 2.75) is 4.90 Å². The molecule has 2 rings (SSSR count). The van der Waals surface area contributed by atoms with E-state index in [1.54, 1.807) is 11.8 Å². The van der Waals surface area contributed by atoms with E-state index < -0.39 is 0 Å². The minimum atomic E-state index is 0.191. The molecule has 0 aliphatic rings. The van der Waals surface area contributed by atoms with Crippen LogP contribution in [0.5, 0.6) is 11.6 Å². The summed E-state index contributed by atoms with van der Waals surface area (Å²) in [5.41, 5.74) is 5.97. The van der Waals surface area contributed by atoms with Gasteiger partial charge in [0.25, 0.3) is 0 Å². The zero-order valence-corrected chi connectivity index (χ0v) is 10.6. The summed E-state index contributed by atoms with van der Waals surface area (Å²) in [5, 5.41) is 0.191. The van der Waals surface area contributed by atoms with Crippen molar-refractivity contribution in [3.05, 3.63) is 35.7 Å². The maximum Gasteiger partial charge on any atom is 0.247 e. The summed E-state index contributed by atoms with van der Waals surface area (Å²) >= 11 is 7.37. The van der Waals surface area contributed by atoms with E-state index >= 15 is 0 Å². The molecule has 17 heavy (non-hydrogen) atoms. The second-order valence-electron chi connectivity index (χ2n) is 3.14. The van der Waals surface area contributed by atoms with Crippen LogP contribution in [0.3, 0.4) is 0 Å². The van der Waals surface area contributed by atoms with E-state index in [9.17, 15) is 0 Å². The molecule has 2 N–H and O–H groups in total. The second kappa shape index (κ2) is 5.25. The van der Waals surface area contributed by atoms with Crippen LogP contribution < -0.4 is 10.5 Å². The highest BCUT2D eigenvalue weighted by Gasteiger charge is 2.10. The van der Waals surface area contributed by atoms with Crippen molar-refractivity contribution in [3.63, 3.8) is 0 Å². The lowest BCUT2D eigenvalue weighted by Crippen LogP contribution is -1.98. The molecule has 1 heterocycles. The van der Waals surface area contributed by atoms with Gasteiger partial charge in [-0.1, -0.05) is 23.7 Å².